The van der Waals surface area contributed by atoms with Gasteiger partial charge < -0.3 is 21.1 Å². The molecule has 4 N–H and O–H groups in total. The number of ether oxygens (including phenoxy) is 1. The minimum absolute atomic E-state index is 0.00994. The van der Waals surface area contributed by atoms with Crippen molar-refractivity contribution in [3.8, 4) is 28.8 Å². The molecule has 1 saturated carbocycles. The molecule has 2 aliphatic rings. The first-order chi connectivity index (χ1) is 20.2. The van der Waals surface area contributed by atoms with E-state index < -0.39 is 28.9 Å². The zero-order valence-corrected chi connectivity index (χ0v) is 22.2. The molecule has 1 amide bonds. The highest BCUT2D eigenvalue weighted by Crippen LogP contribution is 2.38. The van der Waals surface area contributed by atoms with Crippen LogP contribution in [-0.2, 0) is 4.79 Å². The highest BCUT2D eigenvalue weighted by Gasteiger charge is 2.38. The lowest BCUT2D eigenvalue weighted by Gasteiger charge is -2.33. The van der Waals surface area contributed by atoms with Crippen LogP contribution < -0.4 is 16.2 Å². The summed E-state index contributed by atoms with van der Waals surface area (Å²) in [7, 11) is 0. The van der Waals surface area contributed by atoms with Gasteiger partial charge in [0.2, 0.25) is 5.82 Å². The largest absolute Gasteiger partial charge is 0.454 e. The van der Waals surface area contributed by atoms with Crippen molar-refractivity contribution in [2.24, 2.45) is 5.73 Å². The predicted molar refractivity (Wildman–Crippen MR) is 146 cm³/mol. The van der Waals surface area contributed by atoms with Gasteiger partial charge in [0, 0.05) is 30.3 Å². The number of likely N-dealkylation sites (tertiary alicyclic amines) is 1. The topological polar surface area (TPSA) is 149 Å². The first-order valence-corrected chi connectivity index (χ1v) is 13.3. The summed E-state index contributed by atoms with van der Waals surface area (Å²) in [5, 5.41) is 14.6. The standard InChI is InChI=1S/C29H25F3N8O2/c30-20-4-1-5-22(24(20)32)42-18-6-7-19(21(31)11-18)25-23-26(34)36-15-37-27(23)40(38-25)17-3-2-10-39(14-17)28(41)16(13-33)12-29(35)8-9-29/h1,4-7,11-12,15,17H,2-3,8-10,14,35H2,(H2,34,36,37)/b16-12+/t17-/m0/s1. The molecule has 0 spiro atoms. The molecule has 214 valence electrons. The Morgan fingerprint density at radius 1 is 1.17 bits per heavy atom. The highest BCUT2D eigenvalue weighted by molar-refractivity contribution is 5.99. The Morgan fingerprint density at radius 2 is 1.98 bits per heavy atom. The summed E-state index contributed by atoms with van der Waals surface area (Å²) in [5.74, 6) is -3.80. The first kappa shape index (κ1) is 27.2. The number of nitriles is 1. The number of amides is 1. The second-order valence-electron chi connectivity index (χ2n) is 10.5. The van der Waals surface area contributed by atoms with E-state index in [2.05, 4.69) is 15.1 Å². The number of hydrogen-bond donors (Lipinski definition) is 2. The Labute approximate surface area is 238 Å². The second kappa shape index (κ2) is 10.5. The summed E-state index contributed by atoms with van der Waals surface area (Å²) in [6.07, 6.45) is 5.55. The van der Waals surface area contributed by atoms with E-state index >= 15 is 4.39 Å². The number of piperidine rings is 1. The predicted octanol–water partition coefficient (Wildman–Crippen LogP) is 4.39. The molecule has 1 atom stereocenters. The molecular formula is C29H25F3N8O2. The molecule has 10 nitrogen and oxygen atoms in total. The van der Waals surface area contributed by atoms with Gasteiger partial charge in [0.1, 0.15) is 41.0 Å². The van der Waals surface area contributed by atoms with Gasteiger partial charge in [0.25, 0.3) is 5.91 Å². The van der Waals surface area contributed by atoms with Crippen LogP contribution in [0.1, 0.15) is 31.7 Å². The van der Waals surface area contributed by atoms with Crippen LogP contribution in [0.2, 0.25) is 0 Å². The van der Waals surface area contributed by atoms with E-state index in [9.17, 15) is 18.8 Å². The van der Waals surface area contributed by atoms with Gasteiger partial charge in [-0.15, -0.1) is 0 Å². The molecule has 2 fully saturated rings. The highest BCUT2D eigenvalue weighted by atomic mass is 19.2. The maximum atomic E-state index is 15.5. The molecule has 42 heavy (non-hydrogen) atoms. The molecule has 1 aliphatic heterocycles. The van der Waals surface area contributed by atoms with Crippen molar-refractivity contribution in [1.29, 1.82) is 5.26 Å². The Morgan fingerprint density at radius 3 is 2.71 bits per heavy atom. The fourth-order valence-corrected chi connectivity index (χ4v) is 5.11. The van der Waals surface area contributed by atoms with E-state index in [-0.39, 0.29) is 46.7 Å². The number of carbonyl (C=O) groups excluding carboxylic acids is 1. The number of aromatic nitrogens is 4. The summed E-state index contributed by atoms with van der Waals surface area (Å²) >= 11 is 0. The number of nitrogens with two attached hydrogens (primary N) is 2. The van der Waals surface area contributed by atoms with Crippen molar-refractivity contribution in [3.05, 3.63) is 71.8 Å². The second-order valence-corrected chi connectivity index (χ2v) is 10.5. The number of anilines is 1. The van der Waals surface area contributed by atoms with Crippen LogP contribution in [0.5, 0.6) is 11.5 Å². The van der Waals surface area contributed by atoms with Crippen molar-refractivity contribution in [2.75, 3.05) is 18.8 Å². The van der Waals surface area contributed by atoms with Crippen molar-refractivity contribution < 1.29 is 22.7 Å². The zero-order chi connectivity index (χ0) is 29.6. The van der Waals surface area contributed by atoms with Gasteiger partial charge >= 0.3 is 0 Å². The van der Waals surface area contributed by atoms with E-state index in [0.717, 1.165) is 25.0 Å². The third-order valence-corrected chi connectivity index (χ3v) is 7.50. The minimum Gasteiger partial charge on any atom is -0.454 e. The summed E-state index contributed by atoms with van der Waals surface area (Å²) < 4.78 is 50.1. The van der Waals surface area contributed by atoms with Crippen molar-refractivity contribution >= 4 is 22.8 Å². The number of halogens is 3. The molecule has 1 aliphatic carbocycles. The van der Waals surface area contributed by atoms with Gasteiger partial charge in [0.15, 0.2) is 17.2 Å². The fourth-order valence-electron chi connectivity index (χ4n) is 5.11. The molecular weight excluding hydrogens is 549 g/mol. The SMILES string of the molecule is N#C/C(=C\C1(N)CC1)C(=O)N1CCC[C@H](n2nc(-c3ccc(Oc4cccc(F)c4F)cc3F)c3c(N)ncnc32)C1. The van der Waals surface area contributed by atoms with Crippen LogP contribution in [0.15, 0.2) is 54.4 Å². The quantitative estimate of drug-likeness (QED) is 0.254. The molecule has 0 bridgehead atoms. The molecule has 2 aromatic heterocycles. The van der Waals surface area contributed by atoms with Crippen LogP contribution in [-0.4, -0.2) is 49.2 Å². The van der Waals surface area contributed by atoms with E-state index in [0.29, 0.717) is 30.4 Å². The van der Waals surface area contributed by atoms with Crippen LogP contribution in [0.25, 0.3) is 22.3 Å². The summed E-state index contributed by atoms with van der Waals surface area (Å²) in [6.45, 7) is 0.696. The molecule has 1 saturated heterocycles. The maximum absolute atomic E-state index is 15.5. The molecule has 6 rings (SSSR count). The third kappa shape index (κ3) is 5.01. The molecule has 13 heteroatoms. The summed E-state index contributed by atoms with van der Waals surface area (Å²) in [4.78, 5) is 23.2. The van der Waals surface area contributed by atoms with Crippen molar-refractivity contribution in [1.82, 2.24) is 24.6 Å². The van der Waals surface area contributed by atoms with Gasteiger partial charge in [-0.05, 0) is 56.0 Å². The van der Waals surface area contributed by atoms with Gasteiger partial charge in [-0.25, -0.2) is 23.4 Å². The minimum atomic E-state index is -1.19. The zero-order valence-electron chi connectivity index (χ0n) is 22.2. The van der Waals surface area contributed by atoms with E-state index in [4.69, 9.17) is 16.2 Å². The van der Waals surface area contributed by atoms with Gasteiger partial charge in [-0.2, -0.15) is 14.8 Å². The fraction of sp³-hybridized carbons (Fsp3) is 0.276. The smallest absolute Gasteiger partial charge is 0.264 e. The molecule has 2 aromatic carbocycles. The Balaban J connectivity index is 1.33. The van der Waals surface area contributed by atoms with Crippen LogP contribution in [0.4, 0.5) is 19.0 Å². The molecule has 4 aromatic rings. The molecule has 0 radical (unpaired) electrons. The molecule has 0 unspecified atom stereocenters. The average Bonchev–Trinajstić information content (AvgIpc) is 3.58. The normalized spacial score (nSPS) is 18.1. The van der Waals surface area contributed by atoms with E-state index in [1.807, 2.05) is 6.07 Å². The Hall–Kier alpha value is -4.96. The number of nitrogen functional groups attached to an aromatic ring is 1. The van der Waals surface area contributed by atoms with Crippen LogP contribution >= 0.6 is 0 Å². The van der Waals surface area contributed by atoms with Gasteiger partial charge in [0.05, 0.1) is 11.4 Å². The Kier molecular flexibility index (Phi) is 6.78. The lowest BCUT2D eigenvalue weighted by Crippen LogP contribution is -2.42. The monoisotopic (exact) mass is 574 g/mol. The Bertz CT molecular complexity index is 1790. The number of fused-ring (bicyclic) bond motifs is 1. The van der Waals surface area contributed by atoms with Crippen molar-refractivity contribution in [2.45, 2.75) is 37.3 Å². The lowest BCUT2D eigenvalue weighted by molar-refractivity contribution is -0.128. The number of rotatable bonds is 6. The van der Waals surface area contributed by atoms with Gasteiger partial charge in [-0.3, -0.25) is 4.79 Å². The van der Waals surface area contributed by atoms with Crippen molar-refractivity contribution in [3.63, 3.8) is 0 Å². The lowest BCUT2D eigenvalue weighted by atomic mass is 10.0. The average molecular weight is 575 g/mol. The third-order valence-electron chi connectivity index (χ3n) is 7.50. The molecule has 3 heterocycles. The number of hydrogen-bond acceptors (Lipinski definition) is 8. The maximum Gasteiger partial charge on any atom is 0.264 e. The summed E-state index contributed by atoms with van der Waals surface area (Å²) in [6, 6.07) is 8.91. The van der Waals surface area contributed by atoms with E-state index in [1.54, 1.807) is 15.7 Å². The number of nitrogens with zero attached hydrogens (tertiary/aromatic N) is 6. The van der Waals surface area contributed by atoms with E-state index in [1.165, 1.54) is 30.6 Å². The van der Waals surface area contributed by atoms with Crippen LogP contribution in [0, 0.1) is 28.8 Å². The van der Waals surface area contributed by atoms with Gasteiger partial charge in [-0.1, -0.05) is 6.07 Å². The van der Waals surface area contributed by atoms with Crippen LogP contribution in [0.3, 0.4) is 0 Å². The number of carbonyl (C=O) groups is 1. The summed E-state index contributed by atoms with van der Waals surface area (Å²) in [5.41, 5.74) is 12.3. The number of benzene rings is 2. The first-order valence-electron chi connectivity index (χ1n) is 13.3.